The van der Waals surface area contributed by atoms with Crippen molar-refractivity contribution in [1.29, 1.82) is 0 Å². The maximum atomic E-state index is 12.3. The largest absolute Gasteiger partial charge is 0.493 e. The molecule has 0 aliphatic carbocycles. The van der Waals surface area contributed by atoms with Crippen molar-refractivity contribution >= 4 is 23.3 Å². The van der Waals surface area contributed by atoms with Gasteiger partial charge in [-0.05, 0) is 23.3 Å². The summed E-state index contributed by atoms with van der Waals surface area (Å²) in [6.07, 6.45) is 2.40. The Labute approximate surface area is 138 Å². The number of fused-ring (bicyclic) bond motifs is 2. The van der Waals surface area contributed by atoms with Crippen molar-refractivity contribution < 1.29 is 14.3 Å². The topological polar surface area (TPSA) is 92.4 Å². The van der Waals surface area contributed by atoms with Crippen LogP contribution in [0.5, 0.6) is 5.75 Å². The van der Waals surface area contributed by atoms with Gasteiger partial charge in [0.25, 0.3) is 5.91 Å². The molecule has 1 aromatic carbocycles. The maximum Gasteiger partial charge on any atom is 0.253 e. The highest BCUT2D eigenvalue weighted by atomic mass is 16.5. The van der Waals surface area contributed by atoms with E-state index in [1.165, 1.54) is 11.8 Å². The summed E-state index contributed by atoms with van der Waals surface area (Å²) < 4.78 is 5.47. The first-order valence-electron chi connectivity index (χ1n) is 7.75. The molecule has 1 aromatic heterocycles. The van der Waals surface area contributed by atoms with Crippen molar-refractivity contribution in [1.82, 2.24) is 10.3 Å². The van der Waals surface area contributed by atoms with Gasteiger partial charge in [-0.25, -0.2) is 4.98 Å². The molecule has 7 heteroatoms. The number of amides is 2. The minimum absolute atomic E-state index is 0.151. The van der Waals surface area contributed by atoms with Gasteiger partial charge < -0.3 is 20.7 Å². The molecule has 122 valence electrons. The van der Waals surface area contributed by atoms with E-state index in [4.69, 9.17) is 4.74 Å². The molecule has 2 amide bonds. The Morgan fingerprint density at radius 3 is 3.17 bits per heavy atom. The first-order valence-corrected chi connectivity index (χ1v) is 7.75. The second-order valence-corrected chi connectivity index (χ2v) is 5.75. The van der Waals surface area contributed by atoms with Gasteiger partial charge in [0.2, 0.25) is 5.91 Å². The number of hydrogen-bond acceptors (Lipinski definition) is 5. The molecule has 4 rings (SSSR count). The standard InChI is InChI=1S/C17H16N4O3/c22-15-9-19-16-13(21-15)6-12(8-18-16)17(23)20-7-10-1-2-14-11(5-10)3-4-24-14/h1-2,5-6,8H,3-4,7,9H2,(H,18,19)(H,20,23)(H,21,22). The highest BCUT2D eigenvalue weighted by Gasteiger charge is 2.17. The Hall–Kier alpha value is -3.09. The lowest BCUT2D eigenvalue weighted by atomic mass is 10.1. The third kappa shape index (κ3) is 2.76. The van der Waals surface area contributed by atoms with E-state index in [0.717, 1.165) is 17.7 Å². The summed E-state index contributed by atoms with van der Waals surface area (Å²) in [5.41, 5.74) is 3.12. The van der Waals surface area contributed by atoms with Crippen LogP contribution in [-0.4, -0.2) is 29.9 Å². The van der Waals surface area contributed by atoms with Gasteiger partial charge in [0.1, 0.15) is 11.6 Å². The van der Waals surface area contributed by atoms with Crippen molar-refractivity contribution in [2.24, 2.45) is 0 Å². The monoisotopic (exact) mass is 324 g/mol. The zero-order valence-corrected chi connectivity index (χ0v) is 12.9. The maximum absolute atomic E-state index is 12.3. The molecule has 0 unspecified atom stereocenters. The number of ether oxygens (including phenoxy) is 1. The smallest absolute Gasteiger partial charge is 0.253 e. The van der Waals surface area contributed by atoms with Crippen LogP contribution in [0.3, 0.4) is 0 Å². The fourth-order valence-electron chi connectivity index (χ4n) is 2.82. The van der Waals surface area contributed by atoms with Crippen LogP contribution in [0.4, 0.5) is 11.5 Å². The average Bonchev–Trinajstić information content (AvgIpc) is 3.06. The second kappa shape index (κ2) is 5.84. The molecular formula is C17H16N4O3. The Kier molecular flexibility index (Phi) is 3.53. The second-order valence-electron chi connectivity index (χ2n) is 5.75. The fraction of sp³-hybridized carbons (Fsp3) is 0.235. The highest BCUT2D eigenvalue weighted by molar-refractivity contribution is 6.02. The Bertz CT molecular complexity index is 835. The van der Waals surface area contributed by atoms with Gasteiger partial charge in [0.15, 0.2) is 0 Å². The number of hydrogen-bond donors (Lipinski definition) is 3. The van der Waals surface area contributed by atoms with E-state index in [9.17, 15) is 9.59 Å². The molecule has 2 aliphatic heterocycles. The lowest BCUT2D eigenvalue weighted by molar-refractivity contribution is -0.114. The van der Waals surface area contributed by atoms with Crippen molar-refractivity contribution in [3.63, 3.8) is 0 Å². The van der Waals surface area contributed by atoms with Crippen molar-refractivity contribution in [3.05, 3.63) is 47.2 Å². The van der Waals surface area contributed by atoms with Gasteiger partial charge in [0.05, 0.1) is 24.4 Å². The number of pyridine rings is 1. The molecule has 0 bridgehead atoms. The summed E-state index contributed by atoms with van der Waals surface area (Å²) in [6, 6.07) is 7.56. The van der Waals surface area contributed by atoms with Crippen LogP contribution in [0.15, 0.2) is 30.5 Å². The third-order valence-electron chi connectivity index (χ3n) is 4.05. The number of anilines is 2. The van der Waals surface area contributed by atoms with Gasteiger partial charge in [-0.2, -0.15) is 0 Å². The zero-order chi connectivity index (χ0) is 16.5. The van der Waals surface area contributed by atoms with E-state index in [-0.39, 0.29) is 18.4 Å². The number of rotatable bonds is 3. The highest BCUT2D eigenvalue weighted by Crippen LogP contribution is 2.26. The minimum Gasteiger partial charge on any atom is -0.493 e. The van der Waals surface area contributed by atoms with Gasteiger partial charge in [-0.15, -0.1) is 0 Å². The molecule has 0 saturated carbocycles. The molecular weight excluding hydrogens is 308 g/mol. The SMILES string of the molecule is O=C1CNc2ncc(C(=O)NCc3ccc4c(c3)CCO4)cc2N1. The molecule has 7 nitrogen and oxygen atoms in total. The molecule has 24 heavy (non-hydrogen) atoms. The van der Waals surface area contributed by atoms with Crippen LogP contribution in [0.2, 0.25) is 0 Å². The summed E-state index contributed by atoms with van der Waals surface area (Å²) >= 11 is 0. The summed E-state index contributed by atoms with van der Waals surface area (Å²) in [5, 5.41) is 8.46. The molecule has 0 fully saturated rings. The van der Waals surface area contributed by atoms with Gasteiger partial charge in [-0.1, -0.05) is 12.1 Å². The van der Waals surface area contributed by atoms with Crippen LogP contribution in [0.25, 0.3) is 0 Å². The molecule has 0 radical (unpaired) electrons. The Morgan fingerprint density at radius 1 is 1.33 bits per heavy atom. The van der Waals surface area contributed by atoms with Crippen LogP contribution < -0.4 is 20.7 Å². The van der Waals surface area contributed by atoms with Crippen molar-refractivity contribution in [2.75, 3.05) is 23.8 Å². The van der Waals surface area contributed by atoms with Crippen molar-refractivity contribution in [2.45, 2.75) is 13.0 Å². The van der Waals surface area contributed by atoms with E-state index in [2.05, 4.69) is 27.0 Å². The summed E-state index contributed by atoms with van der Waals surface area (Å²) in [7, 11) is 0. The fourth-order valence-corrected chi connectivity index (χ4v) is 2.82. The molecule has 3 heterocycles. The number of nitrogens with one attached hydrogen (secondary N) is 3. The van der Waals surface area contributed by atoms with Crippen LogP contribution in [0.1, 0.15) is 21.5 Å². The van der Waals surface area contributed by atoms with E-state index in [1.54, 1.807) is 6.07 Å². The number of nitrogens with zero attached hydrogens (tertiary/aromatic N) is 1. The van der Waals surface area contributed by atoms with E-state index in [0.29, 0.717) is 30.2 Å². The number of carbonyl (C=O) groups is 2. The van der Waals surface area contributed by atoms with E-state index in [1.807, 2.05) is 12.1 Å². The zero-order valence-electron chi connectivity index (χ0n) is 12.9. The summed E-state index contributed by atoms with van der Waals surface area (Å²) in [4.78, 5) is 27.9. The number of aromatic nitrogens is 1. The normalized spacial score (nSPS) is 14.8. The van der Waals surface area contributed by atoms with E-state index >= 15 is 0 Å². The quantitative estimate of drug-likeness (QED) is 0.792. The van der Waals surface area contributed by atoms with Crippen LogP contribution in [-0.2, 0) is 17.8 Å². The van der Waals surface area contributed by atoms with Gasteiger partial charge in [0, 0.05) is 19.2 Å². The number of carbonyl (C=O) groups excluding carboxylic acids is 2. The molecule has 2 aliphatic rings. The predicted octanol–water partition coefficient (Wildman–Crippen LogP) is 1.31. The first kappa shape index (κ1) is 14.5. The lowest BCUT2D eigenvalue weighted by Crippen LogP contribution is -2.29. The average molecular weight is 324 g/mol. The van der Waals surface area contributed by atoms with Crippen LogP contribution in [0, 0.1) is 0 Å². The van der Waals surface area contributed by atoms with Crippen molar-refractivity contribution in [3.8, 4) is 5.75 Å². The third-order valence-corrected chi connectivity index (χ3v) is 4.05. The van der Waals surface area contributed by atoms with E-state index < -0.39 is 0 Å². The molecule has 2 aromatic rings. The summed E-state index contributed by atoms with van der Waals surface area (Å²) in [6.45, 7) is 1.33. The predicted molar refractivity (Wildman–Crippen MR) is 88.2 cm³/mol. The van der Waals surface area contributed by atoms with Crippen LogP contribution >= 0.6 is 0 Å². The Balaban J connectivity index is 1.45. The molecule has 0 saturated heterocycles. The lowest BCUT2D eigenvalue weighted by Gasteiger charge is -2.18. The number of benzene rings is 1. The summed E-state index contributed by atoms with van der Waals surface area (Å²) in [5.74, 6) is 1.11. The first-order chi connectivity index (χ1) is 11.7. The van der Waals surface area contributed by atoms with Gasteiger partial charge >= 0.3 is 0 Å². The van der Waals surface area contributed by atoms with Gasteiger partial charge in [-0.3, -0.25) is 9.59 Å². The molecule has 0 spiro atoms. The Morgan fingerprint density at radius 2 is 2.25 bits per heavy atom. The minimum atomic E-state index is -0.234. The molecule has 0 atom stereocenters. The molecule has 3 N–H and O–H groups in total.